The summed E-state index contributed by atoms with van der Waals surface area (Å²) in [6.45, 7) is 23.5. The number of fused-ring (bicyclic) bond motifs is 3. The Bertz CT molecular complexity index is 1530. The molecule has 1 aliphatic heterocycles. The Morgan fingerprint density at radius 2 is 1.82 bits per heavy atom. The summed E-state index contributed by atoms with van der Waals surface area (Å²) < 4.78 is 15.7. The molecule has 2 bridgehead atoms. The second-order valence-corrected chi connectivity index (χ2v) is 19.5. The zero-order valence-electron chi connectivity index (χ0n) is 32.7. The summed E-state index contributed by atoms with van der Waals surface area (Å²) in [7, 11) is 4.22. The van der Waals surface area contributed by atoms with Crippen molar-refractivity contribution in [2.24, 2.45) is 62.6 Å². The van der Waals surface area contributed by atoms with Crippen LogP contribution >= 0.6 is 11.6 Å². The highest BCUT2D eigenvalue weighted by Gasteiger charge is 2.74. The third kappa shape index (κ3) is 4.94. The molecule has 0 aromatic carbocycles. The van der Waals surface area contributed by atoms with Gasteiger partial charge in [-0.25, -0.2) is 9.67 Å². The molecule has 1 saturated heterocycles. The molecule has 0 radical (unpaired) electrons. The second kappa shape index (κ2) is 12.4. The number of carbonyl (C=O) groups excluding carboxylic acids is 1. The molecule has 1 N–H and O–H groups in total. The standard InChI is InChI=1S/C40H63ClN4O5/c1-23(2)25(5)35(6)15-16-37(8)26-13-14-29-36(7)19-49-21-40(29,27(26)17-30(46)39(37,10)31(35)33(47)48)18-28(45-34(41)42-22-43-45)32(36)50-20-38(9,24(3)4)44(11)12/h17,22-26,28-29,31-32H,13-16,18-21H2,1-12H3,(H,47,48)/t25-,26+,28-,29+,31-,32+,35-,36-,37-,38?,39+,40+/m1/s1. The van der Waals surface area contributed by atoms with Gasteiger partial charge in [0.25, 0.3) is 0 Å². The van der Waals surface area contributed by atoms with Crippen LogP contribution in [0.2, 0.25) is 5.28 Å². The summed E-state index contributed by atoms with van der Waals surface area (Å²) in [5, 5.41) is 16.0. The zero-order chi connectivity index (χ0) is 37.0. The number of rotatable bonds is 9. The zero-order valence-corrected chi connectivity index (χ0v) is 33.4. The normalized spacial score (nSPS) is 43.2. The predicted octanol–water partition coefficient (Wildman–Crippen LogP) is 7.60. The Labute approximate surface area is 305 Å². The lowest BCUT2D eigenvalue weighted by molar-refractivity contribution is -0.253. The molecule has 0 spiro atoms. The molecule has 4 aliphatic carbocycles. The van der Waals surface area contributed by atoms with Gasteiger partial charge in [0, 0.05) is 21.8 Å². The fraction of sp³-hybridized carbons (Fsp3) is 0.850. The SMILES string of the molecule is CC(C)[C@@H](C)[C@@]1(C)CC[C@]2(C)[C@H]3CC[C@@H]4[C@@]5(COC[C@@]4(C)[C@@H](OCC(C)(C(C)C)N(C)C)[C@H](n4ncnc4Cl)C5)C3=CC(=O)[C@@]2(C)[C@@H]1C(=O)O. The van der Waals surface area contributed by atoms with Crippen LogP contribution in [0, 0.1) is 62.6 Å². The van der Waals surface area contributed by atoms with Crippen LogP contribution in [0.5, 0.6) is 0 Å². The van der Waals surface area contributed by atoms with Crippen molar-refractivity contribution in [1.82, 2.24) is 19.7 Å². The monoisotopic (exact) mass is 714 g/mol. The van der Waals surface area contributed by atoms with Gasteiger partial charge in [0.05, 0.1) is 37.9 Å². The Hall–Kier alpha value is -1.81. The number of halogens is 1. The van der Waals surface area contributed by atoms with E-state index >= 15 is 4.79 Å². The molecule has 0 amide bonds. The molecule has 6 rings (SSSR count). The summed E-state index contributed by atoms with van der Waals surface area (Å²) in [5.41, 5.74) is -1.92. The van der Waals surface area contributed by atoms with E-state index in [0.29, 0.717) is 43.4 Å². The third-order valence-corrected chi connectivity index (χ3v) is 16.9. The van der Waals surface area contributed by atoms with E-state index in [-0.39, 0.29) is 41.2 Å². The number of carboxylic acids is 1. The summed E-state index contributed by atoms with van der Waals surface area (Å²) in [4.78, 5) is 35.1. The molecule has 280 valence electrons. The molecule has 5 aliphatic rings. The minimum absolute atomic E-state index is 0.0322. The van der Waals surface area contributed by atoms with E-state index in [4.69, 9.17) is 21.1 Å². The van der Waals surface area contributed by atoms with Gasteiger partial charge in [-0.3, -0.25) is 9.59 Å². The largest absolute Gasteiger partial charge is 0.481 e. The fourth-order valence-electron chi connectivity index (χ4n) is 12.4. The molecule has 10 heteroatoms. The van der Waals surface area contributed by atoms with E-state index in [0.717, 1.165) is 31.3 Å². The van der Waals surface area contributed by atoms with Crippen molar-refractivity contribution in [3.63, 3.8) is 0 Å². The van der Waals surface area contributed by atoms with Crippen LogP contribution in [0.15, 0.2) is 18.0 Å². The quantitative estimate of drug-likeness (QED) is 0.279. The third-order valence-electron chi connectivity index (χ3n) is 16.6. The molecule has 1 unspecified atom stereocenters. The molecule has 12 atom stereocenters. The van der Waals surface area contributed by atoms with Crippen molar-refractivity contribution in [2.45, 2.75) is 119 Å². The van der Waals surface area contributed by atoms with Crippen LogP contribution in [-0.4, -0.2) is 82.1 Å². The van der Waals surface area contributed by atoms with Crippen molar-refractivity contribution >= 4 is 23.4 Å². The summed E-state index contributed by atoms with van der Waals surface area (Å²) >= 11 is 6.79. The molecule has 50 heavy (non-hydrogen) atoms. The maximum atomic E-state index is 15.0. The lowest BCUT2D eigenvalue weighted by atomic mass is 9.34. The molecule has 2 heterocycles. The highest BCUT2D eigenvalue weighted by atomic mass is 35.5. The van der Waals surface area contributed by atoms with E-state index in [1.807, 2.05) is 17.7 Å². The Kier molecular flexibility index (Phi) is 9.39. The van der Waals surface area contributed by atoms with E-state index in [9.17, 15) is 9.90 Å². The van der Waals surface area contributed by atoms with E-state index in [1.165, 1.54) is 6.33 Å². The molecule has 1 aromatic rings. The van der Waals surface area contributed by atoms with Crippen LogP contribution in [0.3, 0.4) is 0 Å². The molecule has 4 fully saturated rings. The van der Waals surface area contributed by atoms with Gasteiger partial charge < -0.3 is 19.5 Å². The Balaban J connectivity index is 1.48. The van der Waals surface area contributed by atoms with Crippen molar-refractivity contribution in [3.8, 4) is 0 Å². The van der Waals surface area contributed by atoms with Crippen LogP contribution < -0.4 is 0 Å². The number of aromatic nitrogens is 3. The van der Waals surface area contributed by atoms with Crippen molar-refractivity contribution in [2.75, 3.05) is 33.9 Å². The molecular formula is C40H63ClN4O5. The number of aliphatic carboxylic acids is 1. The maximum absolute atomic E-state index is 15.0. The summed E-state index contributed by atoms with van der Waals surface area (Å²) in [6.07, 6.45) is 7.32. The first-order chi connectivity index (χ1) is 23.2. The van der Waals surface area contributed by atoms with Crippen molar-refractivity contribution in [3.05, 3.63) is 23.3 Å². The number of ketones is 1. The molecule has 9 nitrogen and oxygen atoms in total. The van der Waals surface area contributed by atoms with Gasteiger partial charge in [0.1, 0.15) is 6.33 Å². The number of carbonyl (C=O) groups is 2. The van der Waals surface area contributed by atoms with Crippen molar-refractivity contribution in [1.29, 1.82) is 0 Å². The van der Waals surface area contributed by atoms with E-state index in [2.05, 4.69) is 91.4 Å². The summed E-state index contributed by atoms with van der Waals surface area (Å²) in [6, 6.07) is -0.224. The van der Waals surface area contributed by atoms with Crippen LogP contribution in [-0.2, 0) is 19.1 Å². The Morgan fingerprint density at radius 1 is 1.14 bits per heavy atom. The number of nitrogens with zero attached hydrogens (tertiary/aromatic N) is 4. The highest BCUT2D eigenvalue weighted by Crippen LogP contribution is 2.75. The lowest BCUT2D eigenvalue weighted by Crippen LogP contribution is -2.70. The molecule has 1 aromatic heterocycles. The van der Waals surface area contributed by atoms with E-state index in [1.54, 1.807) is 0 Å². The first-order valence-electron chi connectivity index (χ1n) is 19.1. The number of hydrogen-bond acceptors (Lipinski definition) is 7. The van der Waals surface area contributed by atoms with E-state index < -0.39 is 39.0 Å². The average Bonchev–Trinajstić information content (AvgIpc) is 3.46. The summed E-state index contributed by atoms with van der Waals surface area (Å²) in [5.74, 6) is -0.570. The van der Waals surface area contributed by atoms with Crippen LogP contribution in [0.1, 0.15) is 107 Å². The number of carboxylic acid groups (broad SMARTS) is 1. The smallest absolute Gasteiger partial charge is 0.308 e. The number of ether oxygens (including phenoxy) is 2. The highest BCUT2D eigenvalue weighted by molar-refractivity contribution is 6.28. The van der Waals surface area contributed by atoms with Crippen LogP contribution in [0.4, 0.5) is 0 Å². The first-order valence-corrected chi connectivity index (χ1v) is 19.5. The lowest BCUT2D eigenvalue weighted by Gasteiger charge is -2.70. The van der Waals surface area contributed by atoms with Crippen molar-refractivity contribution < 1.29 is 24.2 Å². The number of hydrogen-bond donors (Lipinski definition) is 1. The van der Waals surface area contributed by atoms with Gasteiger partial charge in [-0.1, -0.05) is 67.9 Å². The number of allylic oxidation sites excluding steroid dienone is 1. The molecule has 3 saturated carbocycles. The van der Waals surface area contributed by atoms with Gasteiger partial charge in [-0.05, 0) is 111 Å². The topological polar surface area (TPSA) is 107 Å². The minimum atomic E-state index is -1.03. The van der Waals surface area contributed by atoms with Gasteiger partial charge in [-0.2, -0.15) is 5.10 Å². The van der Waals surface area contributed by atoms with Gasteiger partial charge in [-0.15, -0.1) is 0 Å². The molecular weight excluding hydrogens is 652 g/mol. The average molecular weight is 715 g/mol. The fourth-order valence-corrected chi connectivity index (χ4v) is 12.6. The number of likely N-dealkylation sites (N-methyl/N-ethyl adjacent to an activating group) is 1. The minimum Gasteiger partial charge on any atom is -0.481 e. The predicted molar refractivity (Wildman–Crippen MR) is 195 cm³/mol. The van der Waals surface area contributed by atoms with Gasteiger partial charge in [0.15, 0.2) is 5.78 Å². The van der Waals surface area contributed by atoms with Gasteiger partial charge in [0.2, 0.25) is 5.28 Å². The van der Waals surface area contributed by atoms with Gasteiger partial charge >= 0.3 is 5.97 Å². The first kappa shape index (κ1) is 37.9. The second-order valence-electron chi connectivity index (χ2n) is 19.1. The van der Waals surface area contributed by atoms with Crippen LogP contribution in [0.25, 0.3) is 0 Å². The Morgan fingerprint density at radius 3 is 2.38 bits per heavy atom. The maximum Gasteiger partial charge on any atom is 0.308 e.